The van der Waals surface area contributed by atoms with Crippen LogP contribution < -0.4 is 0 Å². The van der Waals surface area contributed by atoms with Gasteiger partial charge in [-0.1, -0.05) is 6.42 Å². The zero-order chi connectivity index (χ0) is 10.4. The lowest BCUT2D eigenvalue weighted by Crippen LogP contribution is -2.08. The van der Waals surface area contributed by atoms with Crippen LogP contribution in [-0.2, 0) is 14.3 Å². The predicted molar refractivity (Wildman–Crippen MR) is 41.9 cm³/mol. The molecule has 0 heterocycles. The van der Waals surface area contributed by atoms with E-state index in [1.165, 1.54) is 6.11 Å². The molecule has 0 unspecified atom stereocenters. The van der Waals surface area contributed by atoms with Gasteiger partial charge >= 0.3 is 11.7 Å². The standard InChI is InChI=1S/C8H5NO4/c1-4-13-8(12)6(9-3)7(11)5(2)10/h1,11H,2H3/b7-6+. The summed E-state index contributed by atoms with van der Waals surface area (Å²) in [4.78, 5) is 23.9. The van der Waals surface area contributed by atoms with Gasteiger partial charge in [-0.05, 0) is 0 Å². The van der Waals surface area contributed by atoms with Crippen molar-refractivity contribution in [3.05, 3.63) is 22.9 Å². The largest absolute Gasteiger partial charge is 0.516 e. The van der Waals surface area contributed by atoms with Crippen LogP contribution >= 0.6 is 0 Å². The SMILES string of the molecule is [C-]#[N+]/C(C(=O)OC#C)=C(/O)C(C)=O. The number of ether oxygens (including phenoxy) is 1. The number of aliphatic hydroxyl groups is 1. The van der Waals surface area contributed by atoms with E-state index in [2.05, 4.69) is 16.0 Å². The number of allylic oxidation sites excluding steroid dienone is 1. The Kier molecular flexibility index (Phi) is 3.78. The van der Waals surface area contributed by atoms with Gasteiger partial charge in [0.05, 0.1) is 6.57 Å². The van der Waals surface area contributed by atoms with Crippen molar-refractivity contribution in [2.24, 2.45) is 0 Å². The van der Waals surface area contributed by atoms with Gasteiger partial charge in [-0.2, -0.15) is 0 Å². The molecule has 0 aliphatic rings. The number of ketones is 1. The van der Waals surface area contributed by atoms with Crippen LogP contribution in [0.25, 0.3) is 4.85 Å². The molecule has 5 heteroatoms. The van der Waals surface area contributed by atoms with Crippen molar-refractivity contribution in [2.45, 2.75) is 6.92 Å². The lowest BCUT2D eigenvalue weighted by Gasteiger charge is -1.96. The Morgan fingerprint density at radius 2 is 2.15 bits per heavy atom. The fourth-order valence-electron chi connectivity index (χ4n) is 0.464. The number of nitrogens with zero attached hydrogens (tertiary/aromatic N) is 1. The Morgan fingerprint density at radius 3 is 2.46 bits per heavy atom. The normalized spacial score (nSPS) is 10.4. The first-order valence-corrected chi connectivity index (χ1v) is 3.03. The summed E-state index contributed by atoms with van der Waals surface area (Å²) in [5, 5.41) is 8.93. The third kappa shape index (κ3) is 2.68. The monoisotopic (exact) mass is 179 g/mol. The minimum Gasteiger partial charge on any atom is -0.516 e. The Bertz CT molecular complexity index is 353. The molecule has 0 aliphatic heterocycles. The lowest BCUT2D eigenvalue weighted by atomic mass is 10.3. The van der Waals surface area contributed by atoms with Gasteiger partial charge in [0, 0.05) is 6.92 Å². The van der Waals surface area contributed by atoms with E-state index >= 15 is 0 Å². The topological polar surface area (TPSA) is 68.0 Å². The molecule has 0 saturated heterocycles. The summed E-state index contributed by atoms with van der Waals surface area (Å²) < 4.78 is 3.97. The number of hydrogen-bond acceptors (Lipinski definition) is 4. The number of carbonyl (C=O) groups is 2. The number of carbonyl (C=O) groups excluding carboxylic acids is 2. The van der Waals surface area contributed by atoms with Gasteiger partial charge in [0.1, 0.15) is 6.11 Å². The molecule has 1 N–H and O–H groups in total. The molecular weight excluding hydrogens is 174 g/mol. The average molecular weight is 179 g/mol. The van der Waals surface area contributed by atoms with Crippen LogP contribution in [0.3, 0.4) is 0 Å². The summed E-state index contributed by atoms with van der Waals surface area (Å²) in [6.45, 7) is 7.48. The van der Waals surface area contributed by atoms with Crippen molar-refractivity contribution in [1.82, 2.24) is 0 Å². The van der Waals surface area contributed by atoms with Crippen LogP contribution in [0.15, 0.2) is 11.5 Å². The summed E-state index contributed by atoms with van der Waals surface area (Å²) >= 11 is 0. The van der Waals surface area contributed by atoms with Crippen LogP contribution in [0.1, 0.15) is 6.92 Å². The lowest BCUT2D eigenvalue weighted by molar-refractivity contribution is -0.132. The molecule has 0 bridgehead atoms. The number of aliphatic hydroxyl groups excluding tert-OH is 1. The smallest absolute Gasteiger partial charge is 0.354 e. The van der Waals surface area contributed by atoms with Gasteiger partial charge in [0.15, 0.2) is 11.5 Å². The average Bonchev–Trinajstić information content (AvgIpc) is 2.05. The summed E-state index contributed by atoms with van der Waals surface area (Å²) in [5.41, 5.74) is -0.814. The Morgan fingerprint density at radius 1 is 1.62 bits per heavy atom. The minimum absolute atomic E-state index is 0.806. The first-order chi connectivity index (χ1) is 6.04. The summed E-state index contributed by atoms with van der Waals surface area (Å²) in [7, 11) is 0. The molecule has 13 heavy (non-hydrogen) atoms. The van der Waals surface area contributed by atoms with Crippen molar-refractivity contribution in [1.29, 1.82) is 0 Å². The Labute approximate surface area is 74.4 Å². The second kappa shape index (κ2) is 4.58. The van der Waals surface area contributed by atoms with Crippen molar-refractivity contribution in [3.8, 4) is 12.5 Å². The van der Waals surface area contributed by atoms with Crippen molar-refractivity contribution in [3.63, 3.8) is 0 Å². The van der Waals surface area contributed by atoms with E-state index in [9.17, 15) is 9.59 Å². The first-order valence-electron chi connectivity index (χ1n) is 3.03. The van der Waals surface area contributed by atoms with Gasteiger partial charge in [-0.3, -0.25) is 9.59 Å². The van der Waals surface area contributed by atoms with Crippen molar-refractivity contribution < 1.29 is 19.4 Å². The zero-order valence-electron chi connectivity index (χ0n) is 6.70. The molecular formula is C8H5NO4. The summed E-state index contributed by atoms with van der Waals surface area (Å²) in [6, 6.07) is 0. The second-order valence-corrected chi connectivity index (χ2v) is 1.87. The third-order valence-corrected chi connectivity index (χ3v) is 1.01. The van der Waals surface area contributed by atoms with E-state index in [4.69, 9.17) is 11.7 Å². The molecule has 5 nitrogen and oxygen atoms in total. The van der Waals surface area contributed by atoms with Gasteiger partial charge < -0.3 is 9.84 Å². The first kappa shape index (κ1) is 10.7. The molecule has 0 aromatic carbocycles. The Balaban J connectivity index is 5.05. The highest BCUT2D eigenvalue weighted by Gasteiger charge is 2.19. The van der Waals surface area contributed by atoms with Gasteiger partial charge in [0.25, 0.3) is 0 Å². The third-order valence-electron chi connectivity index (χ3n) is 1.01. The number of rotatable bonds is 2. The maximum atomic E-state index is 10.8. The number of terminal acetylenes is 1. The molecule has 0 aromatic rings. The molecule has 0 spiro atoms. The van der Waals surface area contributed by atoms with Gasteiger partial charge in [-0.15, -0.1) is 0 Å². The summed E-state index contributed by atoms with van der Waals surface area (Å²) in [5.74, 6) is -2.97. The fourth-order valence-corrected chi connectivity index (χ4v) is 0.464. The van der Waals surface area contributed by atoms with Crippen LogP contribution in [0.4, 0.5) is 0 Å². The second-order valence-electron chi connectivity index (χ2n) is 1.87. The van der Waals surface area contributed by atoms with E-state index < -0.39 is 23.2 Å². The van der Waals surface area contributed by atoms with E-state index in [0.717, 1.165) is 6.92 Å². The number of esters is 1. The maximum Gasteiger partial charge on any atom is 0.354 e. The van der Waals surface area contributed by atoms with Gasteiger partial charge in [-0.25, -0.2) is 4.85 Å². The molecule has 0 aromatic heterocycles. The Hall–Kier alpha value is -2.27. The zero-order valence-corrected chi connectivity index (χ0v) is 6.70. The fraction of sp³-hybridized carbons (Fsp3) is 0.125. The van der Waals surface area contributed by atoms with E-state index in [0.29, 0.717) is 0 Å². The van der Waals surface area contributed by atoms with Crippen LogP contribution in [0.5, 0.6) is 0 Å². The molecule has 66 valence electrons. The number of hydrogen-bond donors (Lipinski definition) is 1. The quantitative estimate of drug-likeness (QED) is 0.219. The summed E-state index contributed by atoms with van der Waals surface area (Å²) in [6.07, 6.45) is 6.14. The van der Waals surface area contributed by atoms with E-state index in [1.807, 2.05) is 0 Å². The highest BCUT2D eigenvalue weighted by atomic mass is 16.5. The molecule has 0 aliphatic carbocycles. The predicted octanol–water partition coefficient (Wildman–Crippen LogP) is 0.398. The van der Waals surface area contributed by atoms with Crippen LogP contribution in [0, 0.1) is 19.1 Å². The highest BCUT2D eigenvalue weighted by molar-refractivity contribution is 6.02. The van der Waals surface area contributed by atoms with E-state index in [1.54, 1.807) is 0 Å². The van der Waals surface area contributed by atoms with Gasteiger partial charge in [0.2, 0.25) is 0 Å². The minimum atomic E-state index is -1.22. The molecule has 0 rings (SSSR count). The molecule has 0 amide bonds. The maximum absolute atomic E-state index is 10.8. The molecule has 0 saturated carbocycles. The molecule has 0 atom stereocenters. The molecule has 0 radical (unpaired) electrons. The van der Waals surface area contributed by atoms with Crippen molar-refractivity contribution >= 4 is 11.8 Å². The van der Waals surface area contributed by atoms with E-state index in [-0.39, 0.29) is 0 Å². The molecule has 0 fully saturated rings. The van der Waals surface area contributed by atoms with Crippen LogP contribution in [-0.4, -0.2) is 16.9 Å². The van der Waals surface area contributed by atoms with Crippen molar-refractivity contribution in [2.75, 3.05) is 0 Å². The highest BCUT2D eigenvalue weighted by Crippen LogP contribution is 2.06. The number of Topliss-reactive ketones (excluding diaryl/α,β-unsaturated/α-hetero) is 1. The van der Waals surface area contributed by atoms with Crippen LogP contribution in [0.2, 0.25) is 0 Å².